The molecule has 4 nitrogen and oxygen atoms in total. The number of hydrogen-bond donors (Lipinski definition) is 1. The molecule has 1 N–H and O–H groups in total. The van der Waals surface area contributed by atoms with Crippen LogP contribution in [0.2, 0.25) is 0 Å². The molecular weight excluding hydrogens is 341 g/mol. The van der Waals surface area contributed by atoms with Crippen molar-refractivity contribution in [2.75, 3.05) is 6.54 Å². The van der Waals surface area contributed by atoms with Crippen molar-refractivity contribution in [3.63, 3.8) is 0 Å². The Hall–Kier alpha value is -2.22. The maximum absolute atomic E-state index is 12.4. The summed E-state index contributed by atoms with van der Waals surface area (Å²) in [5.41, 5.74) is 0.260. The van der Waals surface area contributed by atoms with Crippen molar-refractivity contribution >= 4 is 17.4 Å². The van der Waals surface area contributed by atoms with E-state index in [0.29, 0.717) is 13.1 Å². The molecule has 0 aliphatic heterocycles. The Morgan fingerprint density at radius 3 is 2.62 bits per heavy atom. The molecule has 24 heavy (non-hydrogen) atoms. The van der Waals surface area contributed by atoms with Gasteiger partial charge in [-0.1, -0.05) is 24.3 Å². The van der Waals surface area contributed by atoms with Gasteiger partial charge in [0.25, 0.3) is 0 Å². The van der Waals surface area contributed by atoms with Crippen molar-refractivity contribution < 1.29 is 22.7 Å². The summed E-state index contributed by atoms with van der Waals surface area (Å²) in [6.07, 6.45) is -4.77. The molecule has 0 aliphatic rings. The number of rotatable bonds is 6. The van der Waals surface area contributed by atoms with Crippen LogP contribution in [0.4, 0.5) is 18.0 Å². The molecule has 0 atom stereocenters. The van der Waals surface area contributed by atoms with Crippen LogP contribution in [0.15, 0.2) is 41.8 Å². The first kappa shape index (κ1) is 18.1. The second-order valence-electron chi connectivity index (χ2n) is 4.91. The minimum absolute atomic E-state index is 0.0496. The van der Waals surface area contributed by atoms with Crippen molar-refractivity contribution in [2.45, 2.75) is 26.4 Å². The van der Waals surface area contributed by atoms with Gasteiger partial charge in [-0.2, -0.15) is 0 Å². The van der Waals surface area contributed by atoms with Gasteiger partial charge in [0, 0.05) is 23.5 Å². The maximum Gasteiger partial charge on any atom is 0.573 e. The molecule has 0 bridgehead atoms. The van der Waals surface area contributed by atoms with Gasteiger partial charge in [0.05, 0.1) is 6.54 Å². The number of alkyl halides is 3. The molecular formula is C16H17F3N2O2S. The van der Waals surface area contributed by atoms with Crippen LogP contribution >= 0.6 is 11.3 Å². The van der Waals surface area contributed by atoms with Crippen molar-refractivity contribution in [2.24, 2.45) is 0 Å². The number of ether oxygens (including phenoxy) is 1. The predicted molar refractivity (Wildman–Crippen MR) is 85.8 cm³/mol. The number of amides is 2. The SMILES string of the molecule is CCN(Cc1cccs1)C(=O)NCc1ccccc1OC(F)(F)F. The number of hydrogen-bond acceptors (Lipinski definition) is 3. The summed E-state index contributed by atoms with van der Waals surface area (Å²) in [6, 6.07) is 9.22. The van der Waals surface area contributed by atoms with E-state index in [1.54, 1.807) is 22.3 Å². The summed E-state index contributed by atoms with van der Waals surface area (Å²) in [5, 5.41) is 4.56. The van der Waals surface area contributed by atoms with Gasteiger partial charge in [0.15, 0.2) is 0 Å². The Morgan fingerprint density at radius 1 is 1.25 bits per heavy atom. The monoisotopic (exact) mass is 358 g/mol. The van der Waals surface area contributed by atoms with Crippen LogP contribution in [0, 0.1) is 0 Å². The molecule has 0 fully saturated rings. The van der Waals surface area contributed by atoms with Crippen LogP contribution in [0.3, 0.4) is 0 Å². The number of benzene rings is 1. The Kier molecular flexibility index (Phi) is 6.08. The average molecular weight is 358 g/mol. The van der Waals surface area contributed by atoms with E-state index in [1.807, 2.05) is 24.4 Å². The van der Waals surface area contributed by atoms with Crippen LogP contribution in [0.25, 0.3) is 0 Å². The number of nitrogens with one attached hydrogen (secondary N) is 1. The van der Waals surface area contributed by atoms with Crippen molar-refractivity contribution in [3.05, 3.63) is 52.2 Å². The minimum atomic E-state index is -4.77. The molecule has 0 unspecified atom stereocenters. The first-order chi connectivity index (χ1) is 11.4. The molecule has 0 aliphatic carbocycles. The van der Waals surface area contributed by atoms with E-state index in [0.717, 1.165) is 4.88 Å². The summed E-state index contributed by atoms with van der Waals surface area (Å²) < 4.78 is 41.2. The van der Waals surface area contributed by atoms with E-state index >= 15 is 0 Å². The van der Waals surface area contributed by atoms with Crippen LogP contribution in [0.1, 0.15) is 17.4 Å². The zero-order valence-corrected chi connectivity index (χ0v) is 13.8. The lowest BCUT2D eigenvalue weighted by Crippen LogP contribution is -2.39. The Bertz CT molecular complexity index is 660. The summed E-state index contributed by atoms with van der Waals surface area (Å²) >= 11 is 1.54. The highest BCUT2D eigenvalue weighted by atomic mass is 32.1. The number of para-hydroxylation sites is 1. The Balaban J connectivity index is 1.98. The summed E-state index contributed by atoms with van der Waals surface area (Å²) in [4.78, 5) is 14.8. The second kappa shape index (κ2) is 8.05. The van der Waals surface area contributed by atoms with E-state index in [2.05, 4.69) is 10.1 Å². The number of urea groups is 1. The van der Waals surface area contributed by atoms with Crippen LogP contribution in [-0.2, 0) is 13.1 Å². The topological polar surface area (TPSA) is 41.6 Å². The third kappa shape index (κ3) is 5.45. The molecule has 0 spiro atoms. The van der Waals surface area contributed by atoms with Crippen molar-refractivity contribution in [1.82, 2.24) is 10.2 Å². The molecule has 1 aromatic carbocycles. The molecule has 0 saturated carbocycles. The van der Waals surface area contributed by atoms with E-state index in [9.17, 15) is 18.0 Å². The third-order valence-corrected chi connectivity index (χ3v) is 4.09. The standard InChI is InChI=1S/C16H17F3N2O2S/c1-2-21(11-13-7-5-9-24-13)15(22)20-10-12-6-3-4-8-14(12)23-16(17,18)19/h3-9H,2,10-11H2,1H3,(H,20,22). The van der Waals surface area contributed by atoms with Gasteiger partial charge >= 0.3 is 12.4 Å². The van der Waals surface area contributed by atoms with E-state index in [1.165, 1.54) is 18.2 Å². The van der Waals surface area contributed by atoms with Gasteiger partial charge in [-0.05, 0) is 24.4 Å². The first-order valence-electron chi connectivity index (χ1n) is 7.28. The number of nitrogens with zero attached hydrogens (tertiary/aromatic N) is 1. The highest BCUT2D eigenvalue weighted by Gasteiger charge is 2.32. The quantitative estimate of drug-likeness (QED) is 0.833. The van der Waals surface area contributed by atoms with Gasteiger partial charge in [-0.15, -0.1) is 24.5 Å². The van der Waals surface area contributed by atoms with Crippen LogP contribution in [0.5, 0.6) is 5.75 Å². The summed E-state index contributed by atoms with van der Waals surface area (Å²) in [6.45, 7) is 2.74. The van der Waals surface area contributed by atoms with Gasteiger partial charge in [0.1, 0.15) is 5.75 Å². The predicted octanol–water partition coefficient (Wildman–Crippen LogP) is 4.38. The molecule has 2 amide bonds. The molecule has 1 aromatic heterocycles. The highest BCUT2D eigenvalue weighted by Crippen LogP contribution is 2.26. The third-order valence-electron chi connectivity index (χ3n) is 3.22. The molecule has 130 valence electrons. The van der Waals surface area contributed by atoms with Gasteiger partial charge in [-0.25, -0.2) is 4.79 Å². The van der Waals surface area contributed by atoms with E-state index in [-0.39, 0.29) is 23.9 Å². The fourth-order valence-corrected chi connectivity index (χ4v) is 2.79. The zero-order chi connectivity index (χ0) is 17.6. The first-order valence-corrected chi connectivity index (χ1v) is 8.16. The summed E-state index contributed by atoms with van der Waals surface area (Å²) in [5.74, 6) is -0.313. The zero-order valence-electron chi connectivity index (χ0n) is 13.0. The molecule has 0 radical (unpaired) electrons. The van der Waals surface area contributed by atoms with Gasteiger partial charge < -0.3 is 15.0 Å². The van der Waals surface area contributed by atoms with Crippen molar-refractivity contribution in [3.8, 4) is 5.75 Å². The molecule has 0 saturated heterocycles. The largest absolute Gasteiger partial charge is 0.573 e. The average Bonchev–Trinajstić information content (AvgIpc) is 3.03. The lowest BCUT2D eigenvalue weighted by atomic mass is 10.2. The summed E-state index contributed by atoms with van der Waals surface area (Å²) in [7, 11) is 0. The Morgan fingerprint density at radius 2 is 2.00 bits per heavy atom. The minimum Gasteiger partial charge on any atom is -0.405 e. The van der Waals surface area contributed by atoms with Crippen molar-refractivity contribution in [1.29, 1.82) is 0 Å². The lowest BCUT2D eigenvalue weighted by molar-refractivity contribution is -0.274. The molecule has 1 heterocycles. The number of carbonyl (C=O) groups excluding carboxylic acids is 1. The molecule has 2 aromatic rings. The van der Waals surface area contributed by atoms with Crippen LogP contribution < -0.4 is 10.1 Å². The lowest BCUT2D eigenvalue weighted by Gasteiger charge is -2.21. The van der Waals surface area contributed by atoms with Gasteiger partial charge in [0.2, 0.25) is 0 Å². The van der Waals surface area contributed by atoms with E-state index < -0.39 is 6.36 Å². The fraction of sp³-hybridized carbons (Fsp3) is 0.312. The van der Waals surface area contributed by atoms with E-state index in [4.69, 9.17) is 0 Å². The van der Waals surface area contributed by atoms with Crippen LogP contribution in [-0.4, -0.2) is 23.8 Å². The Labute approximate surface area is 141 Å². The maximum atomic E-state index is 12.4. The molecule has 8 heteroatoms. The number of halogens is 3. The second-order valence-corrected chi connectivity index (χ2v) is 5.94. The van der Waals surface area contributed by atoms with Gasteiger partial charge in [-0.3, -0.25) is 0 Å². The number of carbonyl (C=O) groups is 1. The number of thiophene rings is 1. The smallest absolute Gasteiger partial charge is 0.405 e. The normalized spacial score (nSPS) is 11.2. The fourth-order valence-electron chi connectivity index (χ4n) is 2.07. The molecule has 2 rings (SSSR count). The highest BCUT2D eigenvalue weighted by molar-refractivity contribution is 7.09.